The number of aryl methyl sites for hydroxylation is 1. The second-order valence-corrected chi connectivity index (χ2v) is 7.11. The second kappa shape index (κ2) is 5.17. The highest BCUT2D eigenvalue weighted by Crippen LogP contribution is 2.60. The number of hydrogen-bond donors (Lipinski definition) is 0. The molecular weight excluding hydrogens is 306 g/mol. The molecule has 0 amide bonds. The molecule has 3 heterocycles. The quantitative estimate of drug-likeness (QED) is 0.574. The molecule has 1 saturated heterocycles. The Morgan fingerprint density at radius 2 is 1.80 bits per heavy atom. The summed E-state index contributed by atoms with van der Waals surface area (Å²) in [5.74, 6) is 0. The molecule has 1 unspecified atom stereocenters. The fraction of sp³-hybridized carbons (Fsp3) is 0.227. The summed E-state index contributed by atoms with van der Waals surface area (Å²) in [6.07, 6.45) is 7.53. The number of fused-ring (bicyclic) bond motifs is 2. The van der Waals surface area contributed by atoms with Crippen molar-refractivity contribution in [1.82, 2.24) is 4.48 Å². The summed E-state index contributed by atoms with van der Waals surface area (Å²) in [7, 11) is 0. The van der Waals surface area contributed by atoms with Gasteiger partial charge in [-0.25, -0.2) is 4.48 Å². The van der Waals surface area contributed by atoms with Crippen molar-refractivity contribution in [3.8, 4) is 0 Å². The highest BCUT2D eigenvalue weighted by molar-refractivity contribution is 5.78. The topological polar surface area (TPSA) is 15.6 Å². The Morgan fingerprint density at radius 3 is 2.60 bits per heavy atom. The number of aliphatic imine (C=N–C) groups is 1. The minimum absolute atomic E-state index is 0.435. The minimum Gasteiger partial charge on any atom is -0.284 e. The van der Waals surface area contributed by atoms with Crippen molar-refractivity contribution in [1.29, 1.82) is 0 Å². The Labute approximate surface area is 148 Å². The molecule has 1 fully saturated rings. The van der Waals surface area contributed by atoms with Gasteiger partial charge in [0.2, 0.25) is 6.17 Å². The molecule has 0 radical (unpaired) electrons. The average Bonchev–Trinajstić information content (AvgIpc) is 3.22. The standard InChI is InChI=1S/C22H22N3/c1-16-8-6-7-11-20(16)25-17(2)22(25)24(18-9-4-3-5-10-18)19-12-14-23-15-13-21(19)25/h3-11,13-15,17,22H,12H2,1-2H3/q+1/t17-,22+,25?/m1/s1. The fourth-order valence-corrected chi connectivity index (χ4v) is 4.83. The lowest BCUT2D eigenvalue weighted by Gasteiger charge is -2.20. The van der Waals surface area contributed by atoms with E-state index in [9.17, 15) is 0 Å². The van der Waals surface area contributed by atoms with Crippen molar-refractivity contribution in [3.63, 3.8) is 0 Å². The molecule has 2 aromatic carbocycles. The van der Waals surface area contributed by atoms with Crippen LogP contribution in [0.5, 0.6) is 0 Å². The zero-order chi connectivity index (χ0) is 17.0. The first-order chi connectivity index (χ1) is 12.3. The molecule has 124 valence electrons. The van der Waals surface area contributed by atoms with Crippen LogP contribution in [0.1, 0.15) is 18.9 Å². The Kier molecular flexibility index (Phi) is 3.03. The van der Waals surface area contributed by atoms with Crippen molar-refractivity contribution in [2.24, 2.45) is 4.99 Å². The lowest BCUT2D eigenvalue weighted by molar-refractivity contribution is 0.613. The summed E-state index contributed by atoms with van der Waals surface area (Å²) in [4.78, 5) is 6.97. The number of para-hydroxylation sites is 2. The fourth-order valence-electron chi connectivity index (χ4n) is 4.83. The van der Waals surface area contributed by atoms with Crippen LogP contribution in [-0.2, 0) is 0 Å². The van der Waals surface area contributed by atoms with Gasteiger partial charge in [0.1, 0.15) is 5.69 Å². The SMILES string of the molecule is Cc1ccccc1[N+]12C3=C(CC=NC=C3)N(c3ccccc3)[C@@H]1[C@H]2C. The highest BCUT2D eigenvalue weighted by Gasteiger charge is 2.75. The predicted octanol–water partition coefficient (Wildman–Crippen LogP) is 4.75. The first kappa shape index (κ1) is 14.7. The van der Waals surface area contributed by atoms with Gasteiger partial charge < -0.3 is 0 Å². The molecule has 25 heavy (non-hydrogen) atoms. The number of nitrogens with zero attached hydrogens (tertiary/aromatic N) is 3. The van der Waals surface area contributed by atoms with Crippen molar-refractivity contribution in [3.05, 3.63) is 83.8 Å². The summed E-state index contributed by atoms with van der Waals surface area (Å²) in [6.45, 7) is 4.60. The Balaban J connectivity index is 1.74. The van der Waals surface area contributed by atoms with E-state index in [-0.39, 0.29) is 0 Å². The van der Waals surface area contributed by atoms with Gasteiger partial charge in [-0.05, 0) is 32.0 Å². The third-order valence-electron chi connectivity index (χ3n) is 5.91. The van der Waals surface area contributed by atoms with Crippen LogP contribution < -0.4 is 9.38 Å². The molecule has 3 nitrogen and oxygen atoms in total. The lowest BCUT2D eigenvalue weighted by Crippen LogP contribution is -2.29. The van der Waals surface area contributed by atoms with Crippen molar-refractivity contribution >= 4 is 17.6 Å². The van der Waals surface area contributed by atoms with E-state index in [1.165, 1.54) is 28.3 Å². The number of benzene rings is 2. The van der Waals surface area contributed by atoms with E-state index in [0.29, 0.717) is 12.2 Å². The maximum atomic E-state index is 4.42. The largest absolute Gasteiger partial charge is 0.284 e. The smallest absolute Gasteiger partial charge is 0.232 e. The number of anilines is 1. The van der Waals surface area contributed by atoms with E-state index in [4.69, 9.17) is 0 Å². The van der Waals surface area contributed by atoms with Crippen LogP contribution in [0.4, 0.5) is 11.4 Å². The molecular formula is C22H22N3+. The third-order valence-corrected chi connectivity index (χ3v) is 5.91. The van der Waals surface area contributed by atoms with Gasteiger partial charge in [-0.2, -0.15) is 0 Å². The molecule has 3 heteroatoms. The molecule has 0 bridgehead atoms. The van der Waals surface area contributed by atoms with Crippen LogP contribution >= 0.6 is 0 Å². The third kappa shape index (κ3) is 1.82. The van der Waals surface area contributed by atoms with Gasteiger partial charge in [-0.15, -0.1) is 0 Å². The number of rotatable bonds is 2. The molecule has 0 N–H and O–H groups in total. The van der Waals surface area contributed by atoms with E-state index in [0.717, 1.165) is 10.9 Å². The molecule has 3 atom stereocenters. The molecule has 3 aliphatic heterocycles. The van der Waals surface area contributed by atoms with Gasteiger partial charge in [0.15, 0.2) is 11.7 Å². The van der Waals surface area contributed by atoms with Crippen LogP contribution in [0.15, 0.2) is 83.3 Å². The van der Waals surface area contributed by atoms with Crippen molar-refractivity contribution < 1.29 is 0 Å². The van der Waals surface area contributed by atoms with Gasteiger partial charge >= 0.3 is 0 Å². The first-order valence-corrected chi connectivity index (χ1v) is 8.97. The number of allylic oxidation sites excluding steroid dienone is 2. The molecule has 0 aliphatic carbocycles. The maximum absolute atomic E-state index is 4.42. The van der Waals surface area contributed by atoms with Gasteiger partial charge in [0, 0.05) is 36.2 Å². The molecule has 3 aliphatic rings. The monoisotopic (exact) mass is 328 g/mol. The zero-order valence-electron chi connectivity index (χ0n) is 14.6. The predicted molar refractivity (Wildman–Crippen MR) is 104 cm³/mol. The van der Waals surface area contributed by atoms with Crippen molar-refractivity contribution in [2.75, 3.05) is 4.90 Å². The maximum Gasteiger partial charge on any atom is 0.232 e. The van der Waals surface area contributed by atoms with E-state index >= 15 is 0 Å². The Morgan fingerprint density at radius 1 is 1.04 bits per heavy atom. The zero-order valence-corrected chi connectivity index (χ0v) is 14.6. The van der Waals surface area contributed by atoms with Gasteiger partial charge in [-0.1, -0.05) is 36.4 Å². The van der Waals surface area contributed by atoms with Crippen LogP contribution in [0.25, 0.3) is 0 Å². The minimum atomic E-state index is 0.435. The molecule has 0 aromatic heterocycles. The summed E-state index contributed by atoms with van der Waals surface area (Å²) < 4.78 is 0.927. The van der Waals surface area contributed by atoms with E-state index in [1.807, 2.05) is 12.4 Å². The van der Waals surface area contributed by atoms with Crippen LogP contribution in [-0.4, -0.2) is 18.4 Å². The molecule has 0 spiro atoms. The normalized spacial score (nSPS) is 29.4. The van der Waals surface area contributed by atoms with E-state index in [2.05, 4.69) is 84.4 Å². The van der Waals surface area contributed by atoms with E-state index < -0.39 is 0 Å². The molecule has 5 rings (SSSR count). The first-order valence-electron chi connectivity index (χ1n) is 8.97. The van der Waals surface area contributed by atoms with Crippen LogP contribution in [0.2, 0.25) is 0 Å². The van der Waals surface area contributed by atoms with E-state index in [1.54, 1.807) is 0 Å². The molecule has 0 saturated carbocycles. The van der Waals surface area contributed by atoms with Gasteiger partial charge in [0.05, 0.1) is 5.70 Å². The van der Waals surface area contributed by atoms with Crippen LogP contribution in [0.3, 0.4) is 0 Å². The van der Waals surface area contributed by atoms with Gasteiger partial charge in [0.25, 0.3) is 0 Å². The molecule has 2 aromatic rings. The Bertz CT molecular complexity index is 925. The summed E-state index contributed by atoms with van der Waals surface area (Å²) in [6, 6.07) is 20.1. The summed E-state index contributed by atoms with van der Waals surface area (Å²) in [5.41, 5.74) is 6.83. The lowest BCUT2D eigenvalue weighted by atomic mass is 10.1. The number of hydrogen-bond acceptors (Lipinski definition) is 2. The summed E-state index contributed by atoms with van der Waals surface area (Å²) in [5, 5.41) is 0. The van der Waals surface area contributed by atoms with Crippen molar-refractivity contribution in [2.45, 2.75) is 32.5 Å². The second-order valence-electron chi connectivity index (χ2n) is 7.11. The van der Waals surface area contributed by atoms with Crippen LogP contribution in [0, 0.1) is 6.92 Å². The number of quaternary nitrogens is 1. The average molecular weight is 328 g/mol. The van der Waals surface area contributed by atoms with Gasteiger partial charge in [-0.3, -0.25) is 9.89 Å². The highest BCUT2D eigenvalue weighted by atomic mass is 15.7. The summed E-state index contributed by atoms with van der Waals surface area (Å²) >= 11 is 0. The Hall–Kier alpha value is -2.65.